The maximum atomic E-state index is 5.77. The van der Waals surface area contributed by atoms with Crippen LogP contribution in [0.5, 0.6) is 11.5 Å². The number of methoxy groups -OCH3 is 1. The molecule has 0 unspecified atom stereocenters. The van der Waals surface area contributed by atoms with Crippen molar-refractivity contribution in [3.63, 3.8) is 0 Å². The van der Waals surface area contributed by atoms with Crippen LogP contribution < -0.4 is 14.8 Å². The molecule has 3 heteroatoms. The lowest BCUT2D eigenvalue weighted by Crippen LogP contribution is -2.26. The maximum Gasteiger partial charge on any atom is 0.161 e. The van der Waals surface area contributed by atoms with E-state index in [-0.39, 0.29) is 0 Å². The fourth-order valence-corrected chi connectivity index (χ4v) is 2.54. The first-order chi connectivity index (χ1) is 9.35. The van der Waals surface area contributed by atoms with Crippen molar-refractivity contribution in [1.82, 2.24) is 5.32 Å². The molecule has 1 saturated heterocycles. The quantitative estimate of drug-likeness (QED) is 0.798. The molecule has 1 aliphatic heterocycles. The van der Waals surface area contributed by atoms with E-state index in [2.05, 4.69) is 30.4 Å². The SMILES string of the molecule is CCCCOc1ccc(C2CCNCC2)cc1OC. The molecular weight excluding hydrogens is 238 g/mol. The normalized spacial score (nSPS) is 16.3. The second-order valence-corrected chi connectivity index (χ2v) is 5.14. The van der Waals surface area contributed by atoms with E-state index >= 15 is 0 Å². The molecular formula is C16H25NO2. The van der Waals surface area contributed by atoms with E-state index in [0.29, 0.717) is 5.92 Å². The van der Waals surface area contributed by atoms with E-state index in [1.807, 2.05) is 0 Å². The fraction of sp³-hybridized carbons (Fsp3) is 0.625. The van der Waals surface area contributed by atoms with Crippen LogP contribution in [0.15, 0.2) is 18.2 Å². The van der Waals surface area contributed by atoms with Crippen LogP contribution in [-0.4, -0.2) is 26.8 Å². The van der Waals surface area contributed by atoms with Crippen LogP contribution in [0.4, 0.5) is 0 Å². The van der Waals surface area contributed by atoms with Gasteiger partial charge in [-0.1, -0.05) is 19.4 Å². The highest BCUT2D eigenvalue weighted by atomic mass is 16.5. The number of nitrogens with one attached hydrogen (secondary N) is 1. The lowest BCUT2D eigenvalue weighted by Gasteiger charge is -2.23. The van der Waals surface area contributed by atoms with Crippen LogP contribution in [-0.2, 0) is 0 Å². The van der Waals surface area contributed by atoms with Crippen LogP contribution in [0.1, 0.15) is 44.1 Å². The van der Waals surface area contributed by atoms with E-state index in [9.17, 15) is 0 Å². The Bertz CT molecular complexity index is 386. The van der Waals surface area contributed by atoms with Gasteiger partial charge in [0.05, 0.1) is 13.7 Å². The first-order valence-corrected chi connectivity index (χ1v) is 7.36. The van der Waals surface area contributed by atoms with Gasteiger partial charge in [0.25, 0.3) is 0 Å². The van der Waals surface area contributed by atoms with Crippen molar-refractivity contribution in [2.75, 3.05) is 26.8 Å². The predicted molar refractivity (Wildman–Crippen MR) is 78.2 cm³/mol. The summed E-state index contributed by atoms with van der Waals surface area (Å²) < 4.78 is 11.2. The van der Waals surface area contributed by atoms with Crippen LogP contribution in [0.25, 0.3) is 0 Å². The summed E-state index contributed by atoms with van der Waals surface area (Å²) in [7, 11) is 1.72. The van der Waals surface area contributed by atoms with Crippen molar-refractivity contribution in [3.8, 4) is 11.5 Å². The number of ether oxygens (including phenoxy) is 2. The smallest absolute Gasteiger partial charge is 0.161 e. The molecule has 1 aliphatic rings. The summed E-state index contributed by atoms with van der Waals surface area (Å²) in [5.74, 6) is 2.39. The number of benzene rings is 1. The van der Waals surface area contributed by atoms with Crippen molar-refractivity contribution >= 4 is 0 Å². The topological polar surface area (TPSA) is 30.5 Å². The second kappa shape index (κ2) is 7.39. The van der Waals surface area contributed by atoms with Crippen molar-refractivity contribution in [1.29, 1.82) is 0 Å². The molecule has 0 aliphatic carbocycles. The third-order valence-electron chi connectivity index (χ3n) is 3.75. The molecule has 1 N–H and O–H groups in total. The van der Waals surface area contributed by atoms with Crippen molar-refractivity contribution < 1.29 is 9.47 Å². The zero-order valence-electron chi connectivity index (χ0n) is 12.1. The Hall–Kier alpha value is -1.22. The Labute approximate surface area is 116 Å². The van der Waals surface area contributed by atoms with Gasteiger partial charge in [0.15, 0.2) is 11.5 Å². The molecule has 0 spiro atoms. The van der Waals surface area contributed by atoms with Gasteiger partial charge in [0.1, 0.15) is 0 Å². The lowest BCUT2D eigenvalue weighted by molar-refractivity contribution is 0.288. The largest absolute Gasteiger partial charge is 0.493 e. The highest BCUT2D eigenvalue weighted by molar-refractivity contribution is 5.44. The van der Waals surface area contributed by atoms with Gasteiger partial charge >= 0.3 is 0 Å². The Morgan fingerprint density at radius 1 is 1.21 bits per heavy atom. The first-order valence-electron chi connectivity index (χ1n) is 7.36. The molecule has 106 valence electrons. The summed E-state index contributed by atoms with van der Waals surface area (Å²) in [6.07, 6.45) is 4.65. The molecule has 0 bridgehead atoms. The molecule has 19 heavy (non-hydrogen) atoms. The monoisotopic (exact) mass is 263 g/mol. The van der Waals surface area contributed by atoms with Gasteiger partial charge < -0.3 is 14.8 Å². The highest BCUT2D eigenvalue weighted by Gasteiger charge is 2.17. The minimum Gasteiger partial charge on any atom is -0.493 e. The Morgan fingerprint density at radius 3 is 2.68 bits per heavy atom. The average molecular weight is 263 g/mol. The van der Waals surface area contributed by atoms with Gasteiger partial charge in [-0.05, 0) is 56.0 Å². The molecule has 0 amide bonds. The third-order valence-corrected chi connectivity index (χ3v) is 3.75. The van der Waals surface area contributed by atoms with Crippen LogP contribution in [0.3, 0.4) is 0 Å². The van der Waals surface area contributed by atoms with Gasteiger partial charge in [-0.15, -0.1) is 0 Å². The van der Waals surface area contributed by atoms with Crippen molar-refractivity contribution in [2.24, 2.45) is 0 Å². The zero-order chi connectivity index (χ0) is 13.5. The molecule has 2 rings (SSSR count). The summed E-state index contributed by atoms with van der Waals surface area (Å²) in [4.78, 5) is 0. The van der Waals surface area contributed by atoms with Gasteiger partial charge in [-0.25, -0.2) is 0 Å². The number of hydrogen-bond acceptors (Lipinski definition) is 3. The molecule has 0 atom stereocenters. The molecule has 1 heterocycles. The summed E-state index contributed by atoms with van der Waals surface area (Å²) in [6.45, 7) is 5.16. The van der Waals surface area contributed by atoms with Gasteiger partial charge in [-0.3, -0.25) is 0 Å². The lowest BCUT2D eigenvalue weighted by atomic mass is 9.90. The molecule has 3 nitrogen and oxygen atoms in total. The van der Waals surface area contributed by atoms with Gasteiger partial charge in [0, 0.05) is 0 Å². The van der Waals surface area contributed by atoms with Crippen molar-refractivity contribution in [3.05, 3.63) is 23.8 Å². The van der Waals surface area contributed by atoms with E-state index in [1.54, 1.807) is 7.11 Å². The number of unbranched alkanes of at least 4 members (excludes halogenated alkanes) is 1. The summed E-state index contributed by atoms with van der Waals surface area (Å²) in [5, 5.41) is 3.40. The molecule has 1 fully saturated rings. The maximum absolute atomic E-state index is 5.77. The Morgan fingerprint density at radius 2 is 2.00 bits per heavy atom. The Balaban J connectivity index is 2.06. The average Bonchev–Trinajstić information content (AvgIpc) is 2.48. The summed E-state index contributed by atoms with van der Waals surface area (Å²) in [6, 6.07) is 6.41. The predicted octanol–water partition coefficient (Wildman–Crippen LogP) is 3.34. The standard InChI is InChI=1S/C16H25NO2/c1-3-4-11-19-15-6-5-14(12-16(15)18-2)13-7-9-17-10-8-13/h5-6,12-13,17H,3-4,7-11H2,1-2H3. The van der Waals surface area contributed by atoms with E-state index in [1.165, 1.54) is 18.4 Å². The third kappa shape index (κ3) is 3.87. The van der Waals surface area contributed by atoms with Crippen LogP contribution >= 0.6 is 0 Å². The minimum atomic E-state index is 0.653. The number of hydrogen-bond donors (Lipinski definition) is 1. The Kier molecular flexibility index (Phi) is 5.52. The molecule has 0 radical (unpaired) electrons. The molecule has 0 aromatic heterocycles. The molecule has 1 aromatic carbocycles. The zero-order valence-corrected chi connectivity index (χ0v) is 12.1. The molecule has 0 saturated carbocycles. The summed E-state index contributed by atoms with van der Waals surface area (Å²) >= 11 is 0. The fourth-order valence-electron chi connectivity index (χ4n) is 2.54. The second-order valence-electron chi connectivity index (χ2n) is 5.14. The van der Waals surface area contributed by atoms with E-state index < -0.39 is 0 Å². The van der Waals surface area contributed by atoms with Crippen molar-refractivity contribution in [2.45, 2.75) is 38.5 Å². The van der Waals surface area contributed by atoms with E-state index in [4.69, 9.17) is 9.47 Å². The minimum absolute atomic E-state index is 0.653. The number of piperidine rings is 1. The van der Waals surface area contributed by atoms with Gasteiger partial charge in [-0.2, -0.15) is 0 Å². The molecule has 1 aromatic rings. The first kappa shape index (κ1) is 14.2. The summed E-state index contributed by atoms with van der Waals surface area (Å²) in [5.41, 5.74) is 1.38. The van der Waals surface area contributed by atoms with Crippen LogP contribution in [0, 0.1) is 0 Å². The van der Waals surface area contributed by atoms with Gasteiger partial charge in [0.2, 0.25) is 0 Å². The van der Waals surface area contributed by atoms with Crippen LogP contribution in [0.2, 0.25) is 0 Å². The highest BCUT2D eigenvalue weighted by Crippen LogP contribution is 2.33. The van der Waals surface area contributed by atoms with E-state index in [0.717, 1.165) is 44.0 Å². The number of rotatable bonds is 6.